The van der Waals surface area contributed by atoms with E-state index in [1.54, 1.807) is 0 Å². The first-order valence-electron chi connectivity index (χ1n) is 12.3. The van der Waals surface area contributed by atoms with Gasteiger partial charge in [0.1, 0.15) is 0 Å². The molecule has 9 nitrogen and oxygen atoms in total. The fourth-order valence-electron chi connectivity index (χ4n) is 4.41. The highest BCUT2D eigenvalue weighted by Gasteiger charge is 2.40. The summed E-state index contributed by atoms with van der Waals surface area (Å²) in [6.45, 7) is 5.52. The Morgan fingerprint density at radius 2 is 1.59 bits per heavy atom. The van der Waals surface area contributed by atoms with Crippen LogP contribution in [0.1, 0.15) is 37.7 Å². The molecule has 3 aliphatic heterocycles. The zero-order valence-electron chi connectivity index (χ0n) is 21.0. The van der Waals surface area contributed by atoms with Crippen molar-refractivity contribution in [3.8, 4) is 0 Å². The number of carboxylic acid groups (broad SMARTS) is 2. The monoisotopic (exact) mass is 574 g/mol. The highest BCUT2D eigenvalue weighted by molar-refractivity contribution is 5.73. The summed E-state index contributed by atoms with van der Waals surface area (Å²) in [5, 5.41) is 14.2. The summed E-state index contributed by atoms with van der Waals surface area (Å²) in [4.78, 5) is 24.6. The van der Waals surface area contributed by atoms with Crippen molar-refractivity contribution in [2.45, 2.75) is 69.3 Å². The van der Waals surface area contributed by atoms with E-state index in [0.717, 1.165) is 65.2 Å². The maximum atomic E-state index is 10.6. The van der Waals surface area contributed by atoms with Gasteiger partial charge in [-0.1, -0.05) is 6.07 Å². The Bertz CT molecular complexity index is 858. The van der Waals surface area contributed by atoms with Crippen molar-refractivity contribution in [1.29, 1.82) is 0 Å². The highest BCUT2D eigenvalue weighted by atomic mass is 19.4. The van der Waals surface area contributed by atoms with Crippen LogP contribution in [-0.2, 0) is 30.3 Å². The molecule has 222 valence electrons. The summed E-state index contributed by atoms with van der Waals surface area (Å²) in [7, 11) is 0. The number of nitrogens with zero attached hydrogens (tertiary/aromatic N) is 2. The number of halogens is 6. The largest absolute Gasteiger partial charge is 0.490 e. The molecule has 15 heteroatoms. The predicted octanol–water partition coefficient (Wildman–Crippen LogP) is 3.91. The van der Waals surface area contributed by atoms with Crippen LogP contribution < -0.4 is 0 Å². The number of ether oxygens (including phenoxy) is 3. The van der Waals surface area contributed by atoms with Crippen molar-refractivity contribution in [1.82, 2.24) is 9.88 Å². The Hall–Kier alpha value is -2.49. The second kappa shape index (κ2) is 15.3. The average molecular weight is 575 g/mol. The fourth-order valence-corrected chi connectivity index (χ4v) is 4.41. The number of alkyl halides is 6. The average Bonchev–Trinajstić information content (AvgIpc) is 3.27. The van der Waals surface area contributed by atoms with Crippen molar-refractivity contribution in [3.05, 3.63) is 30.1 Å². The van der Waals surface area contributed by atoms with E-state index in [1.165, 1.54) is 12.0 Å². The number of rotatable bonds is 6. The number of carbonyl (C=O) groups is 2. The van der Waals surface area contributed by atoms with E-state index < -0.39 is 24.3 Å². The van der Waals surface area contributed by atoms with Crippen molar-refractivity contribution in [3.63, 3.8) is 0 Å². The van der Waals surface area contributed by atoms with Crippen LogP contribution in [0.15, 0.2) is 24.5 Å². The van der Waals surface area contributed by atoms with Gasteiger partial charge in [-0.25, -0.2) is 9.59 Å². The number of aliphatic carboxylic acids is 2. The lowest BCUT2D eigenvalue weighted by Gasteiger charge is -2.36. The summed E-state index contributed by atoms with van der Waals surface area (Å²) < 4.78 is 81.2. The SMILES string of the molecule is O=C(O)C(F)(F)F.O=C(O)C(F)(F)F.c1cncc(CN2CC[C@H]3O[C@@H](COCC4CCOCC4)CC[C@H]32)c1. The molecule has 3 saturated heterocycles. The first-order chi connectivity index (χ1) is 18.3. The molecule has 3 fully saturated rings. The standard InChI is InChI=1S/C20H30N2O3.2C2HF3O2/c1-2-17(12-21-8-1)13-22-9-5-20-19(22)4-3-18(25-20)15-24-14-16-6-10-23-11-7-16;2*3-2(4,5)1(6)7/h1-2,8,12,16,18-20H,3-7,9-11,13-15H2;2*(H,6,7)/t18-,19-,20-;;/m1../s1. The van der Waals surface area contributed by atoms with Crippen molar-refractivity contribution in [2.24, 2.45) is 5.92 Å². The van der Waals surface area contributed by atoms with Gasteiger partial charge in [-0.3, -0.25) is 9.88 Å². The van der Waals surface area contributed by atoms with E-state index in [0.29, 0.717) is 18.1 Å². The molecule has 4 heterocycles. The molecule has 0 aromatic carbocycles. The van der Waals surface area contributed by atoms with Gasteiger partial charge in [0.2, 0.25) is 0 Å². The Balaban J connectivity index is 0.000000317. The second-order valence-corrected chi connectivity index (χ2v) is 9.26. The lowest BCUT2D eigenvalue weighted by Crippen LogP contribution is -2.43. The number of hydrogen-bond donors (Lipinski definition) is 2. The zero-order chi connectivity index (χ0) is 29.1. The van der Waals surface area contributed by atoms with E-state index in [2.05, 4.69) is 16.0 Å². The van der Waals surface area contributed by atoms with Gasteiger partial charge in [-0.2, -0.15) is 26.3 Å². The minimum Gasteiger partial charge on any atom is -0.475 e. The second-order valence-electron chi connectivity index (χ2n) is 9.26. The van der Waals surface area contributed by atoms with Crippen LogP contribution in [0.2, 0.25) is 0 Å². The molecule has 0 aliphatic carbocycles. The van der Waals surface area contributed by atoms with Crippen LogP contribution >= 0.6 is 0 Å². The molecule has 0 unspecified atom stereocenters. The molecule has 0 radical (unpaired) electrons. The Morgan fingerprint density at radius 1 is 0.974 bits per heavy atom. The third-order valence-corrected chi connectivity index (χ3v) is 6.34. The minimum absolute atomic E-state index is 0.277. The molecule has 1 aromatic heterocycles. The van der Waals surface area contributed by atoms with Gasteiger partial charge in [0.05, 0.1) is 18.8 Å². The van der Waals surface area contributed by atoms with E-state index >= 15 is 0 Å². The number of hydrogen-bond acceptors (Lipinski definition) is 7. The molecule has 0 bridgehead atoms. The summed E-state index contributed by atoms with van der Waals surface area (Å²) in [6, 6.07) is 4.75. The quantitative estimate of drug-likeness (QED) is 0.488. The Kier molecular flexibility index (Phi) is 12.9. The third-order valence-electron chi connectivity index (χ3n) is 6.34. The maximum absolute atomic E-state index is 10.6. The smallest absolute Gasteiger partial charge is 0.475 e. The van der Waals surface area contributed by atoms with Gasteiger partial charge in [0.15, 0.2) is 0 Å². The number of fused-ring (bicyclic) bond motifs is 1. The first-order valence-corrected chi connectivity index (χ1v) is 12.3. The van der Waals surface area contributed by atoms with Crippen LogP contribution in [0.4, 0.5) is 26.3 Å². The maximum Gasteiger partial charge on any atom is 0.490 e. The number of likely N-dealkylation sites (tertiary alicyclic amines) is 1. The van der Waals surface area contributed by atoms with Crippen molar-refractivity contribution >= 4 is 11.9 Å². The summed E-state index contributed by atoms with van der Waals surface area (Å²) in [6.07, 6.45) is 0.0471. The molecule has 2 N–H and O–H groups in total. The van der Waals surface area contributed by atoms with Gasteiger partial charge in [-0.05, 0) is 49.7 Å². The molecule has 0 amide bonds. The normalized spacial score (nSPS) is 24.0. The fraction of sp³-hybridized carbons (Fsp3) is 0.708. The first kappa shape index (κ1) is 32.7. The molecule has 4 rings (SSSR count). The van der Waals surface area contributed by atoms with Crippen LogP contribution in [0.25, 0.3) is 0 Å². The number of pyridine rings is 1. The van der Waals surface area contributed by atoms with Crippen LogP contribution in [0.5, 0.6) is 0 Å². The van der Waals surface area contributed by atoms with E-state index in [9.17, 15) is 26.3 Å². The van der Waals surface area contributed by atoms with Gasteiger partial charge in [0.25, 0.3) is 0 Å². The Labute approximate surface area is 221 Å². The molecule has 3 atom stereocenters. The topological polar surface area (TPSA) is 118 Å². The van der Waals surface area contributed by atoms with Gasteiger partial charge in [-0.15, -0.1) is 0 Å². The van der Waals surface area contributed by atoms with Crippen LogP contribution in [0, 0.1) is 5.92 Å². The van der Waals surface area contributed by atoms with Gasteiger partial charge in [0, 0.05) is 51.3 Å². The van der Waals surface area contributed by atoms with E-state index in [1.807, 2.05) is 18.5 Å². The molecule has 0 saturated carbocycles. The summed E-state index contributed by atoms with van der Waals surface area (Å²) >= 11 is 0. The van der Waals surface area contributed by atoms with Gasteiger partial charge < -0.3 is 24.4 Å². The highest BCUT2D eigenvalue weighted by Crippen LogP contribution is 2.32. The van der Waals surface area contributed by atoms with E-state index in [4.69, 9.17) is 34.0 Å². The summed E-state index contributed by atoms with van der Waals surface area (Å²) in [5.74, 6) is -4.84. The molecule has 3 aliphatic rings. The molecule has 1 aromatic rings. The van der Waals surface area contributed by atoms with E-state index in [-0.39, 0.29) is 6.10 Å². The molecule has 0 spiro atoms. The van der Waals surface area contributed by atoms with Crippen molar-refractivity contribution < 1.29 is 60.4 Å². The molecular weight excluding hydrogens is 542 g/mol. The summed E-state index contributed by atoms with van der Waals surface area (Å²) in [5.41, 5.74) is 1.30. The third kappa shape index (κ3) is 12.1. The van der Waals surface area contributed by atoms with Crippen LogP contribution in [-0.4, -0.2) is 95.6 Å². The predicted molar refractivity (Wildman–Crippen MR) is 123 cm³/mol. The number of carboxylic acids is 2. The Morgan fingerprint density at radius 3 is 2.13 bits per heavy atom. The van der Waals surface area contributed by atoms with Gasteiger partial charge >= 0.3 is 24.3 Å². The lowest BCUT2D eigenvalue weighted by atomic mass is 9.99. The van der Waals surface area contributed by atoms with Crippen molar-refractivity contribution in [2.75, 3.05) is 33.0 Å². The molecular formula is C24H32F6N2O7. The number of aromatic nitrogens is 1. The zero-order valence-corrected chi connectivity index (χ0v) is 21.0. The lowest BCUT2D eigenvalue weighted by molar-refractivity contribution is -0.193. The van der Waals surface area contributed by atoms with Crippen LogP contribution in [0.3, 0.4) is 0 Å². The minimum atomic E-state index is -5.08. The molecule has 39 heavy (non-hydrogen) atoms.